The highest BCUT2D eigenvalue weighted by Crippen LogP contribution is 2.47. The maximum absolute atomic E-state index is 12.9. The third kappa shape index (κ3) is 4.73. The number of para-hydroxylation sites is 1. The van der Waals surface area contributed by atoms with Gasteiger partial charge in [-0.3, -0.25) is 9.59 Å². The van der Waals surface area contributed by atoms with Crippen molar-refractivity contribution in [3.05, 3.63) is 59.7 Å². The molecule has 0 aliphatic carbocycles. The number of aromatic hydroxyl groups is 1. The van der Waals surface area contributed by atoms with E-state index >= 15 is 0 Å². The Morgan fingerprint density at radius 1 is 1.17 bits per heavy atom. The number of methoxy groups -OCH3 is 1. The molecule has 1 fully saturated rings. The molecule has 0 aromatic heterocycles. The van der Waals surface area contributed by atoms with E-state index in [0.717, 1.165) is 11.8 Å². The molecule has 2 aromatic rings. The van der Waals surface area contributed by atoms with Gasteiger partial charge in [0.1, 0.15) is 11.4 Å². The fraction of sp³-hybridized carbons (Fsp3) is 0.286. The van der Waals surface area contributed by atoms with Crippen LogP contribution >= 0.6 is 23.5 Å². The number of ether oxygens (including phenoxy) is 1. The first-order valence-electron chi connectivity index (χ1n) is 9.17. The lowest BCUT2D eigenvalue weighted by Gasteiger charge is -2.28. The molecule has 1 unspecified atom stereocenters. The minimum Gasteiger partial charge on any atom is -0.504 e. The number of phenols is 1. The molecule has 2 N–H and O–H groups in total. The van der Waals surface area contributed by atoms with Gasteiger partial charge in [-0.15, -0.1) is 11.8 Å². The second kappa shape index (κ2) is 9.90. The molecule has 30 heavy (non-hydrogen) atoms. The molecular formula is C21H21NO6S2. The molecule has 7 nitrogen and oxygen atoms in total. The number of carbonyl (C=O) groups is 3. The number of hydrogen-bond donors (Lipinski definition) is 2. The van der Waals surface area contributed by atoms with Crippen molar-refractivity contribution in [1.29, 1.82) is 0 Å². The molecule has 0 radical (unpaired) electrons. The smallest absolute Gasteiger partial charge is 0.327 e. The molecule has 9 heteroatoms. The van der Waals surface area contributed by atoms with E-state index in [9.17, 15) is 24.6 Å². The van der Waals surface area contributed by atoms with Crippen LogP contribution in [0.4, 0.5) is 0 Å². The lowest BCUT2D eigenvalue weighted by molar-refractivity contribution is -0.149. The lowest BCUT2D eigenvalue weighted by atomic mass is 10.1. The van der Waals surface area contributed by atoms with Gasteiger partial charge in [0.25, 0.3) is 0 Å². The van der Waals surface area contributed by atoms with E-state index in [1.165, 1.54) is 23.8 Å². The van der Waals surface area contributed by atoms with Crippen LogP contribution < -0.4 is 4.74 Å². The van der Waals surface area contributed by atoms with Crippen molar-refractivity contribution >= 4 is 40.5 Å². The van der Waals surface area contributed by atoms with Crippen molar-refractivity contribution < 1.29 is 29.3 Å². The summed E-state index contributed by atoms with van der Waals surface area (Å²) < 4.78 is 5.13. The van der Waals surface area contributed by atoms with Crippen molar-refractivity contribution in [2.45, 2.75) is 17.8 Å². The predicted molar refractivity (Wildman–Crippen MR) is 116 cm³/mol. The number of rotatable bonds is 7. The highest BCUT2D eigenvalue weighted by atomic mass is 32.2. The third-order valence-electron chi connectivity index (χ3n) is 4.65. The van der Waals surface area contributed by atoms with Crippen LogP contribution in [0, 0.1) is 0 Å². The minimum atomic E-state index is -1.10. The van der Waals surface area contributed by atoms with E-state index in [2.05, 4.69) is 0 Å². The van der Waals surface area contributed by atoms with Crippen LogP contribution in [0.5, 0.6) is 11.5 Å². The molecule has 0 saturated carbocycles. The second-order valence-corrected chi connectivity index (χ2v) is 8.67. The highest BCUT2D eigenvalue weighted by Gasteiger charge is 2.43. The molecular weight excluding hydrogens is 426 g/mol. The Balaban J connectivity index is 1.73. The Morgan fingerprint density at radius 3 is 2.57 bits per heavy atom. The molecule has 1 aliphatic rings. The summed E-state index contributed by atoms with van der Waals surface area (Å²) in [7, 11) is 1.42. The van der Waals surface area contributed by atoms with Crippen LogP contribution in [-0.2, 0) is 9.59 Å². The number of carboxylic acid groups (broad SMARTS) is 1. The number of amides is 1. The highest BCUT2D eigenvalue weighted by molar-refractivity contribution is 8.14. The average molecular weight is 448 g/mol. The zero-order valence-electron chi connectivity index (χ0n) is 16.2. The fourth-order valence-corrected chi connectivity index (χ4v) is 5.39. The molecule has 2 aromatic carbocycles. The number of benzene rings is 2. The van der Waals surface area contributed by atoms with E-state index in [0.29, 0.717) is 11.1 Å². The molecule has 3 rings (SSSR count). The summed E-state index contributed by atoms with van der Waals surface area (Å²) in [6.07, 6.45) is 0.00874. The van der Waals surface area contributed by atoms with Gasteiger partial charge in [-0.2, -0.15) is 0 Å². The molecule has 1 amide bonds. The van der Waals surface area contributed by atoms with Gasteiger partial charge in [-0.25, -0.2) is 4.79 Å². The number of nitrogens with zero attached hydrogens (tertiary/aromatic N) is 1. The van der Waals surface area contributed by atoms with E-state index in [1.807, 2.05) is 6.07 Å². The number of hydrogen-bond acceptors (Lipinski definition) is 7. The van der Waals surface area contributed by atoms with E-state index < -0.39 is 17.4 Å². The summed E-state index contributed by atoms with van der Waals surface area (Å²) in [6.45, 7) is 0. The summed E-state index contributed by atoms with van der Waals surface area (Å²) in [5, 5.41) is 19.3. The Bertz CT molecular complexity index is 936. The number of thioether (sulfide) groups is 2. The molecule has 1 saturated heterocycles. The Hall–Kier alpha value is -2.65. The van der Waals surface area contributed by atoms with Crippen molar-refractivity contribution in [3.63, 3.8) is 0 Å². The van der Waals surface area contributed by atoms with Gasteiger partial charge < -0.3 is 19.8 Å². The monoisotopic (exact) mass is 447 g/mol. The van der Waals surface area contributed by atoms with Crippen molar-refractivity contribution in [2.75, 3.05) is 18.6 Å². The van der Waals surface area contributed by atoms with Gasteiger partial charge in [0.2, 0.25) is 11.0 Å². The molecule has 0 spiro atoms. The molecule has 1 heterocycles. The number of phenolic OH excluding ortho intramolecular Hbond substituents is 1. The third-order valence-corrected chi connectivity index (χ3v) is 6.86. The first-order valence-corrected chi connectivity index (χ1v) is 11.2. The number of carboxylic acids is 1. The fourth-order valence-electron chi connectivity index (χ4n) is 3.16. The van der Waals surface area contributed by atoms with Crippen LogP contribution in [0.15, 0.2) is 48.5 Å². The Morgan fingerprint density at radius 2 is 1.90 bits per heavy atom. The molecule has 1 aliphatic heterocycles. The number of aliphatic carboxylic acids is 1. The van der Waals surface area contributed by atoms with Gasteiger partial charge in [0.15, 0.2) is 11.5 Å². The van der Waals surface area contributed by atoms with Crippen LogP contribution in [0.1, 0.15) is 27.7 Å². The summed E-state index contributed by atoms with van der Waals surface area (Å²) in [4.78, 5) is 38.2. The van der Waals surface area contributed by atoms with Gasteiger partial charge in [0, 0.05) is 29.1 Å². The average Bonchev–Trinajstić information content (AvgIpc) is 3.19. The first kappa shape index (κ1) is 22.0. The van der Waals surface area contributed by atoms with Crippen LogP contribution in [-0.4, -0.2) is 56.8 Å². The van der Waals surface area contributed by atoms with E-state index in [4.69, 9.17) is 4.74 Å². The second-order valence-electron chi connectivity index (χ2n) is 6.49. The maximum Gasteiger partial charge on any atom is 0.327 e. The van der Waals surface area contributed by atoms with Crippen molar-refractivity contribution in [3.8, 4) is 11.5 Å². The van der Waals surface area contributed by atoms with Gasteiger partial charge in [-0.05, 0) is 6.07 Å². The minimum absolute atomic E-state index is 0.00874. The standard InChI is InChI=1S/C21H21NO6S2/c1-28-16-9-5-8-14(18(16)24)19-22(15(12-30-19)20(25)26)17(23)10-11-29-21(27)13-6-3-2-4-7-13/h2-9,15,19,24H,10-12H2,1H3,(H,25,26)/t15-,19?/m0/s1. The summed E-state index contributed by atoms with van der Waals surface area (Å²) >= 11 is 2.30. The van der Waals surface area contributed by atoms with Crippen molar-refractivity contribution in [1.82, 2.24) is 4.90 Å². The Labute approximate surface area is 182 Å². The zero-order chi connectivity index (χ0) is 21.7. The summed E-state index contributed by atoms with van der Waals surface area (Å²) in [5.74, 6) is -0.907. The molecule has 2 atom stereocenters. The maximum atomic E-state index is 12.9. The SMILES string of the molecule is COc1cccc(C2SC[C@@H](C(=O)O)N2C(=O)CCSC(=O)c2ccccc2)c1O. The quantitative estimate of drug-likeness (QED) is 0.666. The number of carbonyl (C=O) groups excluding carboxylic acids is 2. The van der Waals surface area contributed by atoms with Gasteiger partial charge >= 0.3 is 5.97 Å². The van der Waals surface area contributed by atoms with Crippen LogP contribution in [0.25, 0.3) is 0 Å². The van der Waals surface area contributed by atoms with Gasteiger partial charge in [-0.1, -0.05) is 54.2 Å². The Kier molecular flexibility index (Phi) is 7.28. The van der Waals surface area contributed by atoms with E-state index in [1.54, 1.807) is 42.5 Å². The zero-order valence-corrected chi connectivity index (χ0v) is 17.8. The summed E-state index contributed by atoms with van der Waals surface area (Å²) in [6, 6.07) is 12.7. The largest absolute Gasteiger partial charge is 0.504 e. The summed E-state index contributed by atoms with van der Waals surface area (Å²) in [5.41, 5.74) is 0.971. The van der Waals surface area contributed by atoms with E-state index in [-0.39, 0.29) is 40.4 Å². The van der Waals surface area contributed by atoms with Crippen molar-refractivity contribution in [2.24, 2.45) is 0 Å². The molecule has 0 bridgehead atoms. The lowest BCUT2D eigenvalue weighted by Crippen LogP contribution is -2.43. The van der Waals surface area contributed by atoms with Gasteiger partial charge in [0.05, 0.1) is 7.11 Å². The first-order chi connectivity index (χ1) is 14.4. The van der Waals surface area contributed by atoms with Crippen LogP contribution in [0.3, 0.4) is 0 Å². The van der Waals surface area contributed by atoms with Crippen LogP contribution in [0.2, 0.25) is 0 Å². The predicted octanol–water partition coefficient (Wildman–Crippen LogP) is 3.39. The topological polar surface area (TPSA) is 104 Å². The normalized spacial score (nSPS) is 18.2. The molecule has 158 valence electrons.